The number of ether oxygens (including phenoxy) is 2. The molecule has 2 atom stereocenters. The smallest absolute Gasteiger partial charge is 0.251 e. The zero-order chi connectivity index (χ0) is 20.0. The summed E-state index contributed by atoms with van der Waals surface area (Å²) in [7, 11) is -3.09. The third kappa shape index (κ3) is 3.74. The van der Waals surface area contributed by atoms with E-state index in [9.17, 15) is 13.2 Å². The van der Waals surface area contributed by atoms with Crippen molar-refractivity contribution in [1.82, 2.24) is 0 Å². The molecule has 1 saturated carbocycles. The van der Waals surface area contributed by atoms with Gasteiger partial charge in [-0.25, -0.2) is 8.42 Å². The van der Waals surface area contributed by atoms with Gasteiger partial charge in [0.15, 0.2) is 26.5 Å². The number of thioether (sulfide) groups is 1. The number of amidine groups is 1. The number of aliphatic imine (C=N–C) groups is 1. The average molecular weight is 437 g/mol. The second-order valence-electron chi connectivity index (χ2n) is 8.07. The lowest BCUT2D eigenvalue weighted by molar-refractivity contribution is -0.122. The summed E-state index contributed by atoms with van der Waals surface area (Å²) < 4.78 is 35.8. The lowest BCUT2D eigenvalue weighted by Crippen LogP contribution is -2.38. The number of hydrogen-bond acceptors (Lipinski definition) is 6. The van der Waals surface area contributed by atoms with E-state index in [4.69, 9.17) is 9.47 Å². The molecule has 7 nitrogen and oxygen atoms in total. The van der Waals surface area contributed by atoms with Crippen LogP contribution in [0.3, 0.4) is 0 Å². The first-order valence-electron chi connectivity index (χ1n) is 10.2. The summed E-state index contributed by atoms with van der Waals surface area (Å²) in [5.41, 5.74) is 0.793. The highest BCUT2D eigenvalue weighted by molar-refractivity contribution is 8.16. The van der Waals surface area contributed by atoms with Gasteiger partial charge >= 0.3 is 0 Å². The van der Waals surface area contributed by atoms with Crippen molar-refractivity contribution in [3.05, 3.63) is 18.2 Å². The van der Waals surface area contributed by atoms with Crippen molar-refractivity contribution in [3.8, 4) is 11.5 Å². The Labute approximate surface area is 174 Å². The second-order valence-corrected chi connectivity index (χ2v) is 11.4. The number of benzene rings is 1. The number of carbonyl (C=O) groups excluding carboxylic acids is 1. The quantitative estimate of drug-likeness (QED) is 0.704. The predicted molar refractivity (Wildman–Crippen MR) is 113 cm³/mol. The van der Waals surface area contributed by atoms with Gasteiger partial charge in [0.05, 0.1) is 17.5 Å². The molecule has 0 N–H and O–H groups in total. The summed E-state index contributed by atoms with van der Waals surface area (Å²) in [4.78, 5) is 19.2. The van der Waals surface area contributed by atoms with Crippen LogP contribution in [-0.4, -0.2) is 55.5 Å². The number of rotatable bonds is 2. The number of nitrogens with zero attached hydrogens (tertiary/aromatic N) is 2. The zero-order valence-corrected chi connectivity index (χ0v) is 17.7. The van der Waals surface area contributed by atoms with Gasteiger partial charge in [-0.05, 0) is 25.0 Å². The Bertz CT molecular complexity index is 956. The average Bonchev–Trinajstić information content (AvgIpc) is 3.19. The molecule has 0 bridgehead atoms. The Balaban J connectivity index is 1.49. The Hall–Kier alpha value is -1.74. The fourth-order valence-electron chi connectivity index (χ4n) is 4.58. The van der Waals surface area contributed by atoms with Crippen LogP contribution in [0.1, 0.15) is 32.1 Å². The van der Waals surface area contributed by atoms with E-state index >= 15 is 0 Å². The summed E-state index contributed by atoms with van der Waals surface area (Å²) in [5, 5.41) is 0.508. The largest absolute Gasteiger partial charge is 0.486 e. The van der Waals surface area contributed by atoms with E-state index in [1.165, 1.54) is 18.2 Å². The van der Waals surface area contributed by atoms with Crippen molar-refractivity contribution < 1.29 is 22.7 Å². The molecule has 0 radical (unpaired) electrons. The third-order valence-corrected chi connectivity index (χ3v) is 9.24. The van der Waals surface area contributed by atoms with Crippen molar-refractivity contribution in [2.75, 3.05) is 29.6 Å². The summed E-state index contributed by atoms with van der Waals surface area (Å²) in [5.74, 6) is 1.44. The molecule has 0 unspecified atom stereocenters. The molecule has 29 heavy (non-hydrogen) atoms. The third-order valence-electron chi connectivity index (χ3n) is 6.03. The Morgan fingerprint density at radius 1 is 1.07 bits per heavy atom. The number of carbonyl (C=O) groups is 1. The van der Waals surface area contributed by atoms with Crippen LogP contribution in [0.15, 0.2) is 23.2 Å². The first-order chi connectivity index (χ1) is 14.0. The summed E-state index contributed by atoms with van der Waals surface area (Å²) >= 11 is 1.42. The molecule has 0 spiro atoms. The molecule has 2 saturated heterocycles. The molecule has 1 aromatic carbocycles. The van der Waals surface area contributed by atoms with Gasteiger partial charge in [0.1, 0.15) is 13.2 Å². The molecule has 1 aliphatic carbocycles. The molecule has 1 amide bonds. The number of amides is 1. The molecule has 5 rings (SSSR count). The van der Waals surface area contributed by atoms with Crippen LogP contribution < -0.4 is 14.4 Å². The molecule has 156 valence electrons. The minimum Gasteiger partial charge on any atom is -0.486 e. The molecular formula is C20H24N2O5S2. The number of sulfone groups is 1. The minimum atomic E-state index is -3.09. The van der Waals surface area contributed by atoms with Crippen molar-refractivity contribution in [2.45, 2.75) is 43.4 Å². The fraction of sp³-hybridized carbons (Fsp3) is 0.600. The summed E-state index contributed by atoms with van der Waals surface area (Å²) in [6.45, 7) is 0.990. The molecular weight excluding hydrogens is 412 g/mol. The SMILES string of the molecule is O=C(N=C1S[C@H]2CS(=O)(=O)C[C@@H]2N1c1ccc2c(c1)OCCO2)C1CCCCC1. The Morgan fingerprint density at radius 3 is 2.62 bits per heavy atom. The van der Waals surface area contributed by atoms with Crippen LogP contribution in [0.25, 0.3) is 0 Å². The van der Waals surface area contributed by atoms with Crippen LogP contribution in [0.2, 0.25) is 0 Å². The van der Waals surface area contributed by atoms with E-state index in [1.54, 1.807) is 0 Å². The molecule has 9 heteroatoms. The Morgan fingerprint density at radius 2 is 1.83 bits per heavy atom. The first kappa shape index (κ1) is 19.2. The maximum atomic E-state index is 12.8. The zero-order valence-electron chi connectivity index (χ0n) is 16.1. The van der Waals surface area contributed by atoms with E-state index in [1.807, 2.05) is 23.1 Å². The van der Waals surface area contributed by atoms with E-state index < -0.39 is 9.84 Å². The van der Waals surface area contributed by atoms with Crippen LogP contribution in [0.4, 0.5) is 5.69 Å². The fourth-order valence-corrected chi connectivity index (χ4v) is 8.50. The lowest BCUT2D eigenvalue weighted by Gasteiger charge is -2.27. The standard InChI is InChI=1S/C20H24N2O5S2/c23-19(13-4-2-1-3-5-13)21-20-22(15-11-29(24,25)12-18(15)28-20)14-6-7-16-17(10-14)27-9-8-26-16/h6-7,10,13,15,18H,1-5,8-9,11-12H2/t15-,18-/m0/s1. The highest BCUT2D eigenvalue weighted by Crippen LogP contribution is 2.43. The van der Waals surface area contributed by atoms with E-state index in [0.29, 0.717) is 29.9 Å². The highest BCUT2D eigenvalue weighted by atomic mass is 32.2. The number of fused-ring (bicyclic) bond motifs is 2. The predicted octanol–water partition coefficient (Wildman–Crippen LogP) is 2.64. The Kier molecular flexibility index (Phi) is 4.98. The van der Waals surface area contributed by atoms with Gasteiger partial charge in [-0.2, -0.15) is 4.99 Å². The van der Waals surface area contributed by atoms with Gasteiger partial charge in [-0.1, -0.05) is 31.0 Å². The van der Waals surface area contributed by atoms with E-state index in [0.717, 1.165) is 31.4 Å². The topological polar surface area (TPSA) is 85.3 Å². The van der Waals surface area contributed by atoms with E-state index in [-0.39, 0.29) is 34.6 Å². The van der Waals surface area contributed by atoms with Crippen LogP contribution in [0, 0.1) is 5.92 Å². The molecule has 3 heterocycles. The van der Waals surface area contributed by atoms with E-state index in [2.05, 4.69) is 4.99 Å². The maximum Gasteiger partial charge on any atom is 0.251 e. The normalized spacial score (nSPS) is 29.8. The molecule has 3 fully saturated rings. The van der Waals surface area contributed by atoms with Crippen molar-refractivity contribution in [3.63, 3.8) is 0 Å². The second kappa shape index (κ2) is 7.50. The van der Waals surface area contributed by atoms with Crippen molar-refractivity contribution >= 4 is 38.4 Å². The molecule has 4 aliphatic rings. The van der Waals surface area contributed by atoms with Gasteiger partial charge in [-0.15, -0.1) is 0 Å². The van der Waals surface area contributed by atoms with Crippen molar-refractivity contribution in [2.24, 2.45) is 10.9 Å². The van der Waals surface area contributed by atoms with Gasteiger partial charge in [-0.3, -0.25) is 4.79 Å². The van der Waals surface area contributed by atoms with Crippen LogP contribution in [-0.2, 0) is 14.6 Å². The number of hydrogen-bond donors (Lipinski definition) is 0. The maximum absolute atomic E-state index is 12.8. The number of anilines is 1. The van der Waals surface area contributed by atoms with Gasteiger partial charge < -0.3 is 14.4 Å². The summed E-state index contributed by atoms with van der Waals surface area (Å²) in [6, 6.07) is 5.38. The van der Waals surface area contributed by atoms with Crippen LogP contribution in [0.5, 0.6) is 11.5 Å². The van der Waals surface area contributed by atoms with Gasteiger partial charge in [0.25, 0.3) is 5.91 Å². The lowest BCUT2D eigenvalue weighted by atomic mass is 9.89. The van der Waals surface area contributed by atoms with Gasteiger partial charge in [0.2, 0.25) is 0 Å². The minimum absolute atomic E-state index is 0.0110. The van der Waals surface area contributed by atoms with Gasteiger partial charge in [0, 0.05) is 22.9 Å². The highest BCUT2D eigenvalue weighted by Gasteiger charge is 2.49. The van der Waals surface area contributed by atoms with Crippen molar-refractivity contribution in [1.29, 1.82) is 0 Å². The molecule has 0 aromatic heterocycles. The van der Waals surface area contributed by atoms with Crippen LogP contribution >= 0.6 is 11.8 Å². The molecule has 1 aromatic rings. The summed E-state index contributed by atoms with van der Waals surface area (Å²) in [6.07, 6.45) is 5.12. The first-order valence-corrected chi connectivity index (χ1v) is 12.9. The molecule has 3 aliphatic heterocycles. The monoisotopic (exact) mass is 436 g/mol.